The van der Waals surface area contributed by atoms with Crippen molar-refractivity contribution in [3.05, 3.63) is 24.3 Å². The molecule has 0 bridgehead atoms. The van der Waals surface area contributed by atoms with E-state index in [0.717, 1.165) is 12.7 Å². The van der Waals surface area contributed by atoms with Gasteiger partial charge in [0.1, 0.15) is 6.29 Å². The molecule has 0 saturated carbocycles. The molecule has 0 radical (unpaired) electrons. The summed E-state index contributed by atoms with van der Waals surface area (Å²) in [6, 6.07) is 0. The second-order valence-corrected chi connectivity index (χ2v) is 2.70. The van der Waals surface area contributed by atoms with E-state index in [4.69, 9.17) is 0 Å². The second-order valence-electron chi connectivity index (χ2n) is 2.70. The van der Waals surface area contributed by atoms with Crippen LogP contribution in [0.4, 0.5) is 0 Å². The van der Waals surface area contributed by atoms with Gasteiger partial charge in [0.05, 0.1) is 0 Å². The van der Waals surface area contributed by atoms with Gasteiger partial charge in [-0.1, -0.05) is 31.2 Å². The van der Waals surface area contributed by atoms with Crippen molar-refractivity contribution in [1.29, 1.82) is 0 Å². The van der Waals surface area contributed by atoms with Crippen LogP contribution >= 0.6 is 0 Å². The van der Waals surface area contributed by atoms with E-state index in [1.165, 1.54) is 0 Å². The Morgan fingerprint density at radius 1 is 1.27 bits per heavy atom. The molecule has 11 heavy (non-hydrogen) atoms. The van der Waals surface area contributed by atoms with Crippen molar-refractivity contribution in [3.8, 4) is 0 Å². The zero-order valence-corrected chi connectivity index (χ0v) is 7.29. The number of allylic oxidation sites excluding steroid dienone is 4. The number of hydrogen-bond donors (Lipinski definition) is 0. The van der Waals surface area contributed by atoms with Gasteiger partial charge in [-0.3, -0.25) is 0 Å². The molecule has 0 amide bonds. The van der Waals surface area contributed by atoms with Gasteiger partial charge in [-0.2, -0.15) is 0 Å². The minimum atomic E-state index is 0.481. The van der Waals surface area contributed by atoms with Crippen LogP contribution in [0.15, 0.2) is 24.3 Å². The lowest BCUT2D eigenvalue weighted by Crippen LogP contribution is -1.91. The first-order chi connectivity index (χ1) is 5.31. The standard InChI is InChI=1S/C10H16O/c1-3-4-5-6-7-10(2)8-9-11/h3-6,9-10H,7-8H2,1-2H3/b4-3+,6-5+. The van der Waals surface area contributed by atoms with Crippen molar-refractivity contribution < 1.29 is 4.79 Å². The number of carbonyl (C=O) groups excluding carboxylic acids is 1. The van der Waals surface area contributed by atoms with Gasteiger partial charge in [-0.15, -0.1) is 0 Å². The van der Waals surface area contributed by atoms with Crippen molar-refractivity contribution in [2.45, 2.75) is 26.7 Å². The fourth-order valence-corrected chi connectivity index (χ4v) is 0.761. The van der Waals surface area contributed by atoms with E-state index in [2.05, 4.69) is 13.0 Å². The lowest BCUT2D eigenvalue weighted by molar-refractivity contribution is -0.108. The first-order valence-corrected chi connectivity index (χ1v) is 4.02. The van der Waals surface area contributed by atoms with Gasteiger partial charge in [0.15, 0.2) is 0 Å². The Balaban J connectivity index is 3.43. The van der Waals surface area contributed by atoms with Crippen molar-refractivity contribution in [2.75, 3.05) is 0 Å². The normalized spacial score (nSPS) is 14.4. The summed E-state index contributed by atoms with van der Waals surface area (Å²) >= 11 is 0. The zero-order chi connectivity index (χ0) is 8.53. The summed E-state index contributed by atoms with van der Waals surface area (Å²) < 4.78 is 0. The molecule has 1 atom stereocenters. The molecule has 62 valence electrons. The molecule has 0 aromatic rings. The molecule has 0 N–H and O–H groups in total. The third-order valence-corrected chi connectivity index (χ3v) is 1.48. The van der Waals surface area contributed by atoms with Gasteiger partial charge in [-0.25, -0.2) is 0 Å². The van der Waals surface area contributed by atoms with Gasteiger partial charge in [0.2, 0.25) is 0 Å². The summed E-state index contributed by atoms with van der Waals surface area (Å²) in [6.07, 6.45) is 10.7. The number of carbonyl (C=O) groups is 1. The minimum absolute atomic E-state index is 0.481. The summed E-state index contributed by atoms with van der Waals surface area (Å²) in [5.74, 6) is 0.481. The van der Waals surface area contributed by atoms with E-state index >= 15 is 0 Å². The van der Waals surface area contributed by atoms with Gasteiger partial charge in [0.25, 0.3) is 0 Å². The Kier molecular flexibility index (Phi) is 6.70. The molecule has 1 heteroatoms. The number of aldehydes is 1. The van der Waals surface area contributed by atoms with Gasteiger partial charge in [-0.05, 0) is 19.3 Å². The topological polar surface area (TPSA) is 17.1 Å². The predicted molar refractivity (Wildman–Crippen MR) is 48.4 cm³/mol. The fraction of sp³-hybridized carbons (Fsp3) is 0.500. The van der Waals surface area contributed by atoms with Crippen LogP contribution < -0.4 is 0 Å². The molecule has 0 aromatic carbocycles. The van der Waals surface area contributed by atoms with Crippen LogP contribution in [0.1, 0.15) is 26.7 Å². The summed E-state index contributed by atoms with van der Waals surface area (Å²) in [5, 5.41) is 0. The van der Waals surface area contributed by atoms with Crippen molar-refractivity contribution in [1.82, 2.24) is 0 Å². The highest BCUT2D eigenvalue weighted by molar-refractivity contribution is 5.49. The maximum atomic E-state index is 10.1. The second kappa shape index (κ2) is 7.26. The first kappa shape index (κ1) is 10.2. The summed E-state index contributed by atoms with van der Waals surface area (Å²) in [7, 11) is 0. The molecule has 0 aromatic heterocycles. The minimum Gasteiger partial charge on any atom is -0.303 e. The first-order valence-electron chi connectivity index (χ1n) is 4.02. The van der Waals surface area contributed by atoms with E-state index in [0.29, 0.717) is 12.3 Å². The zero-order valence-electron chi connectivity index (χ0n) is 7.29. The molecular weight excluding hydrogens is 136 g/mol. The van der Waals surface area contributed by atoms with Crippen molar-refractivity contribution in [2.24, 2.45) is 5.92 Å². The molecule has 0 aliphatic carbocycles. The fourth-order valence-electron chi connectivity index (χ4n) is 0.761. The van der Waals surface area contributed by atoms with Gasteiger partial charge < -0.3 is 4.79 Å². The lowest BCUT2D eigenvalue weighted by Gasteiger charge is -2.00. The highest BCUT2D eigenvalue weighted by Gasteiger charge is 1.95. The van der Waals surface area contributed by atoms with E-state index < -0.39 is 0 Å². The maximum absolute atomic E-state index is 10.1. The molecule has 0 saturated heterocycles. The molecule has 0 heterocycles. The summed E-state index contributed by atoms with van der Waals surface area (Å²) in [5.41, 5.74) is 0. The molecule has 1 nitrogen and oxygen atoms in total. The average Bonchev–Trinajstić information content (AvgIpc) is 1.99. The van der Waals surface area contributed by atoms with Crippen LogP contribution in [0.3, 0.4) is 0 Å². The van der Waals surface area contributed by atoms with Crippen LogP contribution in [0.25, 0.3) is 0 Å². The average molecular weight is 152 g/mol. The Bertz CT molecular complexity index is 145. The highest BCUT2D eigenvalue weighted by Crippen LogP contribution is 2.05. The largest absolute Gasteiger partial charge is 0.303 e. The molecule has 0 aliphatic heterocycles. The summed E-state index contributed by atoms with van der Waals surface area (Å²) in [4.78, 5) is 10.1. The Labute approximate surface area is 68.8 Å². The van der Waals surface area contributed by atoms with Gasteiger partial charge >= 0.3 is 0 Å². The molecule has 1 unspecified atom stereocenters. The smallest absolute Gasteiger partial charge is 0.120 e. The number of hydrogen-bond acceptors (Lipinski definition) is 1. The number of rotatable bonds is 5. The Hall–Kier alpha value is -0.850. The van der Waals surface area contributed by atoms with E-state index in [-0.39, 0.29) is 0 Å². The quantitative estimate of drug-likeness (QED) is 0.437. The van der Waals surface area contributed by atoms with E-state index in [1.54, 1.807) is 0 Å². The van der Waals surface area contributed by atoms with Crippen LogP contribution in [0.5, 0.6) is 0 Å². The molecule has 0 aliphatic rings. The third kappa shape index (κ3) is 7.04. The Morgan fingerprint density at radius 2 is 2.00 bits per heavy atom. The van der Waals surface area contributed by atoms with E-state index in [9.17, 15) is 4.79 Å². The van der Waals surface area contributed by atoms with Crippen molar-refractivity contribution >= 4 is 6.29 Å². The van der Waals surface area contributed by atoms with Gasteiger partial charge in [0, 0.05) is 6.42 Å². The monoisotopic (exact) mass is 152 g/mol. The van der Waals surface area contributed by atoms with Crippen LogP contribution in [-0.4, -0.2) is 6.29 Å². The van der Waals surface area contributed by atoms with Crippen LogP contribution in [0, 0.1) is 5.92 Å². The summed E-state index contributed by atoms with van der Waals surface area (Å²) in [6.45, 7) is 4.06. The van der Waals surface area contributed by atoms with E-state index in [1.807, 2.05) is 25.2 Å². The maximum Gasteiger partial charge on any atom is 0.120 e. The Morgan fingerprint density at radius 3 is 2.55 bits per heavy atom. The highest BCUT2D eigenvalue weighted by atomic mass is 16.1. The molecule has 0 spiro atoms. The third-order valence-electron chi connectivity index (χ3n) is 1.48. The SMILES string of the molecule is C/C=C/C=C/CC(C)CC=O. The molecular formula is C10H16O. The predicted octanol–water partition coefficient (Wildman–Crippen LogP) is 2.73. The molecule has 0 rings (SSSR count). The van der Waals surface area contributed by atoms with Crippen LogP contribution in [0.2, 0.25) is 0 Å². The molecule has 0 fully saturated rings. The lowest BCUT2D eigenvalue weighted by atomic mass is 10.1. The van der Waals surface area contributed by atoms with Crippen molar-refractivity contribution in [3.63, 3.8) is 0 Å². The van der Waals surface area contributed by atoms with Crippen LogP contribution in [-0.2, 0) is 4.79 Å².